The zero-order chi connectivity index (χ0) is 15.6. The lowest BCUT2D eigenvalue weighted by Crippen LogP contribution is -2.41. The molecule has 0 saturated heterocycles. The van der Waals surface area contributed by atoms with Crippen LogP contribution in [0.2, 0.25) is 0 Å². The van der Waals surface area contributed by atoms with Crippen LogP contribution in [0, 0.1) is 0 Å². The highest BCUT2D eigenvalue weighted by molar-refractivity contribution is 5.79. The van der Waals surface area contributed by atoms with E-state index in [-0.39, 0.29) is 11.4 Å². The molecule has 2 heteroatoms. The molecule has 3 rings (SSSR count). The zero-order valence-electron chi connectivity index (χ0n) is 13.4. The van der Waals surface area contributed by atoms with Crippen molar-refractivity contribution in [3.63, 3.8) is 0 Å². The van der Waals surface area contributed by atoms with E-state index in [9.17, 15) is 4.79 Å². The van der Waals surface area contributed by atoms with Crippen LogP contribution in [0.25, 0.3) is 0 Å². The normalized spacial score (nSPS) is 13.7. The van der Waals surface area contributed by atoms with Crippen molar-refractivity contribution in [3.8, 4) is 0 Å². The predicted molar refractivity (Wildman–Crippen MR) is 89.8 cm³/mol. The minimum atomic E-state index is -0.344. The van der Waals surface area contributed by atoms with Crippen molar-refractivity contribution < 1.29 is 4.79 Å². The van der Waals surface area contributed by atoms with Crippen LogP contribution in [0.5, 0.6) is 0 Å². The summed E-state index contributed by atoms with van der Waals surface area (Å²) in [6, 6.07) is 16.5. The summed E-state index contributed by atoms with van der Waals surface area (Å²) in [4.78, 5) is 12.3. The fourth-order valence-corrected chi connectivity index (χ4v) is 3.21. The molecule has 0 unspecified atom stereocenters. The van der Waals surface area contributed by atoms with E-state index in [0.29, 0.717) is 6.42 Å². The van der Waals surface area contributed by atoms with Gasteiger partial charge in [0, 0.05) is 0 Å². The van der Waals surface area contributed by atoms with Crippen molar-refractivity contribution in [1.29, 1.82) is 0 Å². The van der Waals surface area contributed by atoms with E-state index in [1.165, 1.54) is 29.5 Å². The minimum Gasteiger partial charge on any atom is -0.347 e. The first-order valence-corrected chi connectivity index (χ1v) is 8.02. The van der Waals surface area contributed by atoms with Crippen LogP contribution in [0.15, 0.2) is 48.5 Å². The molecule has 0 radical (unpaired) electrons. The second-order valence-electron chi connectivity index (χ2n) is 6.67. The lowest BCUT2D eigenvalue weighted by Gasteiger charge is -2.27. The Labute approximate surface area is 132 Å². The summed E-state index contributed by atoms with van der Waals surface area (Å²) >= 11 is 0. The molecular formula is C20H23NO. The lowest BCUT2D eigenvalue weighted by molar-refractivity contribution is -0.122. The van der Waals surface area contributed by atoms with Gasteiger partial charge in [0.25, 0.3) is 0 Å². The number of rotatable bonds is 4. The third kappa shape index (κ3) is 3.22. The van der Waals surface area contributed by atoms with Crippen molar-refractivity contribution >= 4 is 5.91 Å². The summed E-state index contributed by atoms with van der Waals surface area (Å²) < 4.78 is 0. The highest BCUT2D eigenvalue weighted by Gasteiger charge is 2.24. The Morgan fingerprint density at radius 3 is 2.55 bits per heavy atom. The molecule has 0 atom stereocenters. The third-order valence-corrected chi connectivity index (χ3v) is 4.48. The molecule has 0 aromatic heterocycles. The van der Waals surface area contributed by atoms with Crippen molar-refractivity contribution in [2.24, 2.45) is 0 Å². The van der Waals surface area contributed by atoms with Crippen LogP contribution in [-0.2, 0) is 29.6 Å². The monoisotopic (exact) mass is 293 g/mol. The fraction of sp³-hybridized carbons (Fsp3) is 0.350. The molecule has 22 heavy (non-hydrogen) atoms. The number of fused-ring (bicyclic) bond motifs is 1. The van der Waals surface area contributed by atoms with E-state index in [1.807, 2.05) is 30.3 Å². The number of nitrogens with one attached hydrogen (secondary N) is 1. The Balaban J connectivity index is 1.71. The third-order valence-electron chi connectivity index (χ3n) is 4.48. The summed E-state index contributed by atoms with van der Waals surface area (Å²) in [6.07, 6.45) is 4.03. The lowest BCUT2D eigenvalue weighted by atomic mass is 9.91. The molecule has 0 bridgehead atoms. The van der Waals surface area contributed by atoms with Gasteiger partial charge in [-0.3, -0.25) is 4.79 Å². The first-order valence-electron chi connectivity index (χ1n) is 8.02. The molecule has 0 saturated carbocycles. The Hall–Kier alpha value is -2.09. The van der Waals surface area contributed by atoms with Crippen molar-refractivity contribution in [2.45, 2.75) is 45.1 Å². The Morgan fingerprint density at radius 1 is 1.05 bits per heavy atom. The fourth-order valence-electron chi connectivity index (χ4n) is 3.21. The molecule has 0 spiro atoms. The number of hydrogen-bond acceptors (Lipinski definition) is 1. The Bertz CT molecular complexity index is 673. The molecule has 114 valence electrons. The SMILES string of the molecule is CC(C)(NC(=O)Cc1ccccc1)c1ccc2c(c1)CCC2. The molecule has 1 aliphatic carbocycles. The molecule has 0 heterocycles. The van der Waals surface area contributed by atoms with Crippen LogP contribution in [0.4, 0.5) is 0 Å². The van der Waals surface area contributed by atoms with Gasteiger partial charge >= 0.3 is 0 Å². The second-order valence-corrected chi connectivity index (χ2v) is 6.67. The summed E-state index contributed by atoms with van der Waals surface area (Å²) in [5.74, 6) is 0.0664. The maximum Gasteiger partial charge on any atom is 0.225 e. The largest absolute Gasteiger partial charge is 0.347 e. The first-order chi connectivity index (χ1) is 10.5. The van der Waals surface area contributed by atoms with Gasteiger partial charge in [0.15, 0.2) is 0 Å². The van der Waals surface area contributed by atoms with Crippen LogP contribution >= 0.6 is 0 Å². The maximum absolute atomic E-state index is 12.3. The summed E-state index contributed by atoms with van der Waals surface area (Å²) in [5.41, 5.74) is 4.81. The Morgan fingerprint density at radius 2 is 1.77 bits per heavy atom. The smallest absolute Gasteiger partial charge is 0.225 e. The van der Waals surface area contributed by atoms with Crippen LogP contribution < -0.4 is 5.32 Å². The topological polar surface area (TPSA) is 29.1 Å². The molecule has 2 aromatic carbocycles. The van der Waals surface area contributed by atoms with Crippen LogP contribution in [0.3, 0.4) is 0 Å². The number of carbonyl (C=O) groups is 1. The van der Waals surface area contributed by atoms with Gasteiger partial charge in [0.2, 0.25) is 5.91 Å². The van der Waals surface area contributed by atoms with Crippen LogP contribution in [0.1, 0.15) is 42.5 Å². The molecule has 2 aromatic rings. The van der Waals surface area contributed by atoms with Gasteiger partial charge in [0.05, 0.1) is 12.0 Å². The number of carbonyl (C=O) groups excluding carboxylic acids is 1. The average molecular weight is 293 g/mol. The quantitative estimate of drug-likeness (QED) is 0.913. The van der Waals surface area contributed by atoms with Gasteiger partial charge in [-0.15, -0.1) is 0 Å². The average Bonchev–Trinajstić information content (AvgIpc) is 2.95. The number of benzene rings is 2. The van der Waals surface area contributed by atoms with E-state index >= 15 is 0 Å². The van der Waals surface area contributed by atoms with Gasteiger partial charge in [-0.05, 0) is 55.4 Å². The molecule has 1 N–H and O–H groups in total. The summed E-state index contributed by atoms with van der Waals surface area (Å²) in [6.45, 7) is 4.15. The van der Waals surface area contributed by atoms with Gasteiger partial charge in [0.1, 0.15) is 0 Å². The molecule has 1 amide bonds. The highest BCUT2D eigenvalue weighted by Crippen LogP contribution is 2.28. The zero-order valence-corrected chi connectivity index (χ0v) is 13.4. The standard InChI is InChI=1S/C20H23NO/c1-20(2,18-12-11-16-9-6-10-17(16)14-18)21-19(22)13-15-7-4-3-5-8-15/h3-5,7-8,11-12,14H,6,9-10,13H2,1-2H3,(H,21,22). The van der Waals surface area contributed by atoms with E-state index in [4.69, 9.17) is 0 Å². The minimum absolute atomic E-state index is 0.0664. The molecular weight excluding hydrogens is 270 g/mol. The number of aryl methyl sites for hydroxylation is 2. The molecule has 2 nitrogen and oxygen atoms in total. The summed E-state index contributed by atoms with van der Waals surface area (Å²) in [5, 5.41) is 3.17. The second kappa shape index (κ2) is 5.96. The molecule has 0 fully saturated rings. The Kier molecular flexibility index (Phi) is 4.02. The van der Waals surface area contributed by atoms with E-state index in [1.54, 1.807) is 0 Å². The van der Waals surface area contributed by atoms with Crippen molar-refractivity contribution in [1.82, 2.24) is 5.32 Å². The van der Waals surface area contributed by atoms with Crippen molar-refractivity contribution in [2.75, 3.05) is 0 Å². The van der Waals surface area contributed by atoms with E-state index in [2.05, 4.69) is 37.4 Å². The van der Waals surface area contributed by atoms with Gasteiger partial charge < -0.3 is 5.32 Å². The van der Waals surface area contributed by atoms with E-state index in [0.717, 1.165) is 12.0 Å². The van der Waals surface area contributed by atoms with Gasteiger partial charge in [-0.1, -0.05) is 48.5 Å². The van der Waals surface area contributed by atoms with Crippen LogP contribution in [-0.4, -0.2) is 5.91 Å². The van der Waals surface area contributed by atoms with Crippen molar-refractivity contribution in [3.05, 3.63) is 70.8 Å². The number of amides is 1. The molecule has 1 aliphatic rings. The first kappa shape index (κ1) is 14.8. The van der Waals surface area contributed by atoms with Gasteiger partial charge in [-0.2, -0.15) is 0 Å². The molecule has 0 aliphatic heterocycles. The highest BCUT2D eigenvalue weighted by atomic mass is 16.1. The predicted octanol–water partition coefficient (Wildman–Crippen LogP) is 3.77. The summed E-state index contributed by atoms with van der Waals surface area (Å²) in [7, 11) is 0. The number of hydrogen-bond donors (Lipinski definition) is 1. The van der Waals surface area contributed by atoms with E-state index < -0.39 is 0 Å². The van der Waals surface area contributed by atoms with Gasteiger partial charge in [-0.25, -0.2) is 0 Å². The maximum atomic E-state index is 12.3.